The van der Waals surface area contributed by atoms with Gasteiger partial charge in [0.25, 0.3) is 10.1 Å². The molecule has 1 aliphatic rings. The van der Waals surface area contributed by atoms with Crippen molar-refractivity contribution >= 4 is 16.0 Å². The summed E-state index contributed by atoms with van der Waals surface area (Å²) < 4.78 is 31.1. The van der Waals surface area contributed by atoms with E-state index in [2.05, 4.69) is 9.18 Å². The maximum absolute atomic E-state index is 10.7. The van der Waals surface area contributed by atoms with Gasteiger partial charge in [0.2, 0.25) is 5.90 Å². The Kier molecular flexibility index (Phi) is 3.49. The average molecular weight is 221 g/mol. The van der Waals surface area contributed by atoms with Crippen LogP contribution in [0, 0.1) is 5.92 Å². The van der Waals surface area contributed by atoms with E-state index in [0.29, 0.717) is 18.4 Å². The topological polar surface area (TPSA) is 65.0 Å². The summed E-state index contributed by atoms with van der Waals surface area (Å²) in [4.78, 5) is 4.20. The monoisotopic (exact) mass is 221 g/mol. The van der Waals surface area contributed by atoms with Gasteiger partial charge in [0.05, 0.1) is 12.3 Å². The molecule has 0 unspecified atom stereocenters. The fraction of sp³-hybridized carbons (Fsp3) is 0.875. The van der Waals surface area contributed by atoms with E-state index in [1.807, 2.05) is 13.8 Å². The second kappa shape index (κ2) is 4.27. The summed E-state index contributed by atoms with van der Waals surface area (Å²) in [5.41, 5.74) is 0. The largest absolute Gasteiger partial charge is 0.477 e. The van der Waals surface area contributed by atoms with Crippen molar-refractivity contribution in [3.8, 4) is 0 Å². The minimum atomic E-state index is -3.41. The summed E-state index contributed by atoms with van der Waals surface area (Å²) in [5.74, 6) is 0.764. The molecule has 0 spiro atoms. The van der Waals surface area contributed by atoms with Crippen LogP contribution in [0.15, 0.2) is 4.99 Å². The Morgan fingerprint density at radius 2 is 2.29 bits per heavy atom. The van der Waals surface area contributed by atoms with E-state index in [4.69, 9.17) is 4.74 Å². The fourth-order valence-corrected chi connectivity index (χ4v) is 1.33. The number of rotatable bonds is 4. The van der Waals surface area contributed by atoms with Crippen molar-refractivity contribution in [3.63, 3.8) is 0 Å². The van der Waals surface area contributed by atoms with Crippen molar-refractivity contribution in [1.82, 2.24) is 0 Å². The lowest BCUT2D eigenvalue weighted by molar-refractivity contribution is 0.266. The van der Waals surface area contributed by atoms with E-state index < -0.39 is 10.1 Å². The first-order chi connectivity index (χ1) is 6.38. The van der Waals surface area contributed by atoms with Crippen molar-refractivity contribution in [2.75, 3.05) is 19.5 Å². The molecular weight excluding hydrogens is 206 g/mol. The molecule has 5 nitrogen and oxygen atoms in total. The average Bonchev–Trinajstić information content (AvgIpc) is 2.47. The molecule has 1 atom stereocenters. The van der Waals surface area contributed by atoms with Crippen LogP contribution in [0.25, 0.3) is 0 Å². The van der Waals surface area contributed by atoms with Crippen molar-refractivity contribution in [3.05, 3.63) is 0 Å². The van der Waals surface area contributed by atoms with E-state index in [1.165, 1.54) is 0 Å². The number of hydrogen-bond donors (Lipinski definition) is 0. The summed E-state index contributed by atoms with van der Waals surface area (Å²) >= 11 is 0. The Bertz CT molecular complexity index is 320. The molecular formula is C8H15NO4S. The Morgan fingerprint density at radius 1 is 1.64 bits per heavy atom. The van der Waals surface area contributed by atoms with Gasteiger partial charge < -0.3 is 4.74 Å². The van der Waals surface area contributed by atoms with Gasteiger partial charge in [-0.15, -0.1) is 0 Å². The molecule has 0 radical (unpaired) electrons. The summed E-state index contributed by atoms with van der Waals surface area (Å²) in [7, 11) is -3.41. The van der Waals surface area contributed by atoms with Crippen molar-refractivity contribution in [1.29, 1.82) is 0 Å². The fourth-order valence-electron chi connectivity index (χ4n) is 1.02. The van der Waals surface area contributed by atoms with Gasteiger partial charge in [-0.25, -0.2) is 4.99 Å². The predicted molar refractivity (Wildman–Crippen MR) is 52.8 cm³/mol. The van der Waals surface area contributed by atoms with Gasteiger partial charge in [-0.3, -0.25) is 4.18 Å². The zero-order chi connectivity index (χ0) is 10.8. The molecule has 1 heterocycles. The molecule has 1 rings (SSSR count). The van der Waals surface area contributed by atoms with Crippen LogP contribution >= 0.6 is 0 Å². The van der Waals surface area contributed by atoms with Gasteiger partial charge in [-0.05, 0) is 5.92 Å². The van der Waals surface area contributed by atoms with Crippen LogP contribution in [-0.4, -0.2) is 39.8 Å². The SMILES string of the molecule is CC(C)[C@H]1COC(COS(C)(=O)=O)=N1. The number of ether oxygens (including phenoxy) is 1. The molecule has 0 aromatic carbocycles. The third-order valence-corrected chi connectivity index (χ3v) is 2.44. The molecule has 82 valence electrons. The Labute approximate surface area is 84.2 Å². The van der Waals surface area contributed by atoms with E-state index in [9.17, 15) is 8.42 Å². The van der Waals surface area contributed by atoms with Gasteiger partial charge in [0, 0.05) is 0 Å². The molecule has 0 aliphatic carbocycles. The summed E-state index contributed by atoms with van der Waals surface area (Å²) in [6.07, 6.45) is 1.00. The predicted octanol–water partition coefficient (Wildman–Crippen LogP) is 0.416. The molecule has 0 amide bonds. The smallest absolute Gasteiger partial charge is 0.264 e. The van der Waals surface area contributed by atoms with Crippen molar-refractivity contribution in [2.45, 2.75) is 19.9 Å². The molecule has 0 fully saturated rings. The van der Waals surface area contributed by atoms with E-state index in [-0.39, 0.29) is 12.6 Å². The van der Waals surface area contributed by atoms with Crippen LogP contribution in [-0.2, 0) is 19.0 Å². The van der Waals surface area contributed by atoms with Gasteiger partial charge in [0.1, 0.15) is 13.2 Å². The van der Waals surface area contributed by atoms with Crippen LogP contribution in [0.5, 0.6) is 0 Å². The normalized spacial score (nSPS) is 22.3. The zero-order valence-corrected chi connectivity index (χ0v) is 9.37. The lowest BCUT2D eigenvalue weighted by Crippen LogP contribution is -2.14. The highest BCUT2D eigenvalue weighted by atomic mass is 32.2. The van der Waals surface area contributed by atoms with Crippen molar-refractivity contribution < 1.29 is 17.3 Å². The van der Waals surface area contributed by atoms with E-state index >= 15 is 0 Å². The maximum atomic E-state index is 10.7. The molecule has 0 saturated heterocycles. The van der Waals surface area contributed by atoms with Crippen LogP contribution in [0.1, 0.15) is 13.8 Å². The lowest BCUT2D eigenvalue weighted by Gasteiger charge is -2.06. The van der Waals surface area contributed by atoms with Crippen molar-refractivity contribution in [2.24, 2.45) is 10.9 Å². The van der Waals surface area contributed by atoms with E-state index in [0.717, 1.165) is 6.26 Å². The standard InChI is InChI=1S/C8H15NO4S/c1-6(2)7-4-12-8(9-7)5-13-14(3,10)11/h6-7H,4-5H2,1-3H3/t7-/m1/s1. The summed E-state index contributed by atoms with van der Waals surface area (Å²) in [6, 6.07) is 0.119. The first-order valence-electron chi connectivity index (χ1n) is 4.42. The highest BCUT2D eigenvalue weighted by molar-refractivity contribution is 7.86. The third kappa shape index (κ3) is 3.63. The van der Waals surface area contributed by atoms with Gasteiger partial charge >= 0.3 is 0 Å². The Morgan fingerprint density at radius 3 is 2.71 bits per heavy atom. The molecule has 0 aromatic heterocycles. The molecule has 6 heteroatoms. The highest BCUT2D eigenvalue weighted by Crippen LogP contribution is 2.13. The van der Waals surface area contributed by atoms with Gasteiger partial charge in [-0.2, -0.15) is 8.42 Å². The first kappa shape index (κ1) is 11.5. The van der Waals surface area contributed by atoms with Crippen LogP contribution in [0.2, 0.25) is 0 Å². The minimum absolute atomic E-state index is 0.0952. The summed E-state index contributed by atoms with van der Waals surface area (Å²) in [6.45, 7) is 4.50. The van der Waals surface area contributed by atoms with Gasteiger partial charge in [-0.1, -0.05) is 13.8 Å². The number of nitrogens with zero attached hydrogens (tertiary/aromatic N) is 1. The van der Waals surface area contributed by atoms with Crippen LogP contribution in [0.4, 0.5) is 0 Å². The van der Waals surface area contributed by atoms with Gasteiger partial charge in [0.15, 0.2) is 0 Å². The van der Waals surface area contributed by atoms with E-state index in [1.54, 1.807) is 0 Å². The third-order valence-electron chi connectivity index (χ3n) is 1.90. The molecule has 14 heavy (non-hydrogen) atoms. The second-order valence-electron chi connectivity index (χ2n) is 3.61. The molecule has 0 saturated carbocycles. The summed E-state index contributed by atoms with van der Waals surface area (Å²) in [5, 5.41) is 0. The maximum Gasteiger partial charge on any atom is 0.264 e. The highest BCUT2D eigenvalue weighted by Gasteiger charge is 2.22. The molecule has 0 aromatic rings. The second-order valence-corrected chi connectivity index (χ2v) is 5.26. The number of hydrogen-bond acceptors (Lipinski definition) is 5. The molecule has 0 bridgehead atoms. The van der Waals surface area contributed by atoms with Crippen LogP contribution < -0.4 is 0 Å². The Hall–Kier alpha value is -0.620. The van der Waals surface area contributed by atoms with Crippen LogP contribution in [0.3, 0.4) is 0 Å². The quantitative estimate of drug-likeness (QED) is 0.645. The number of aliphatic imine (C=N–C) groups is 1. The Balaban J connectivity index is 2.45. The lowest BCUT2D eigenvalue weighted by atomic mass is 10.1. The zero-order valence-electron chi connectivity index (χ0n) is 8.56. The first-order valence-corrected chi connectivity index (χ1v) is 6.24. The molecule has 0 N–H and O–H groups in total. The molecule has 1 aliphatic heterocycles. The minimum Gasteiger partial charge on any atom is -0.477 e.